The van der Waals surface area contributed by atoms with Gasteiger partial charge in [-0.2, -0.15) is 0 Å². The largest absolute Gasteiger partial charge is 0.388 e. The molecule has 0 saturated heterocycles. The average Bonchev–Trinajstić information content (AvgIpc) is 2.42. The molecule has 1 heteroatoms. The first-order chi connectivity index (χ1) is 9.01. The molecule has 0 saturated carbocycles. The van der Waals surface area contributed by atoms with Crippen LogP contribution in [0.4, 0.5) is 5.69 Å². The van der Waals surface area contributed by atoms with Crippen LogP contribution in [0, 0.1) is 12.8 Å². The minimum Gasteiger partial charge on any atom is -0.388 e. The highest BCUT2D eigenvalue weighted by molar-refractivity contribution is 5.58. The molecule has 1 rings (SSSR count). The lowest BCUT2D eigenvalue weighted by atomic mass is 9.88. The first-order valence-electron chi connectivity index (χ1n) is 7.41. The van der Waals surface area contributed by atoms with Gasteiger partial charge in [0, 0.05) is 12.7 Å². The van der Waals surface area contributed by atoms with Gasteiger partial charge in [-0.15, -0.1) is 0 Å². The van der Waals surface area contributed by atoms with E-state index >= 15 is 0 Å². The second-order valence-electron chi connectivity index (χ2n) is 5.70. The van der Waals surface area contributed by atoms with Crippen LogP contribution in [0.2, 0.25) is 0 Å². The Labute approximate surface area is 119 Å². The summed E-state index contributed by atoms with van der Waals surface area (Å²) in [4.78, 5) is 0. The molecule has 0 bridgehead atoms. The minimum atomic E-state index is 0.606. The predicted molar refractivity (Wildman–Crippen MR) is 87.0 cm³/mol. The highest BCUT2D eigenvalue weighted by Crippen LogP contribution is 2.31. The summed E-state index contributed by atoms with van der Waals surface area (Å²) in [6.45, 7) is 11.2. The minimum absolute atomic E-state index is 0.606. The lowest BCUT2D eigenvalue weighted by molar-refractivity contribution is 0.534. The third-order valence-corrected chi connectivity index (χ3v) is 4.35. The molecule has 1 nitrogen and oxygen atoms in total. The van der Waals surface area contributed by atoms with Crippen LogP contribution < -0.4 is 5.32 Å². The number of allylic oxidation sites excluding steroid dienone is 2. The van der Waals surface area contributed by atoms with Gasteiger partial charge in [-0.1, -0.05) is 43.7 Å². The molecule has 0 heterocycles. The van der Waals surface area contributed by atoms with Crippen molar-refractivity contribution in [1.29, 1.82) is 0 Å². The van der Waals surface area contributed by atoms with Crippen LogP contribution in [0.5, 0.6) is 0 Å². The lowest BCUT2D eigenvalue weighted by Gasteiger charge is -2.20. The summed E-state index contributed by atoms with van der Waals surface area (Å²) < 4.78 is 0. The summed E-state index contributed by atoms with van der Waals surface area (Å²) in [5.41, 5.74) is 5.60. The Balaban J connectivity index is 2.74. The number of hydrogen-bond donors (Lipinski definition) is 1. The van der Waals surface area contributed by atoms with Crippen molar-refractivity contribution in [2.45, 2.75) is 53.4 Å². The topological polar surface area (TPSA) is 12.0 Å². The van der Waals surface area contributed by atoms with E-state index in [4.69, 9.17) is 0 Å². The van der Waals surface area contributed by atoms with Gasteiger partial charge in [0.05, 0.1) is 0 Å². The number of nitrogens with one attached hydrogen (secondary N) is 1. The Morgan fingerprint density at radius 1 is 1.26 bits per heavy atom. The quantitative estimate of drug-likeness (QED) is 0.663. The molecule has 2 atom stereocenters. The van der Waals surface area contributed by atoms with E-state index in [1.54, 1.807) is 0 Å². The second kappa shape index (κ2) is 7.37. The molecule has 19 heavy (non-hydrogen) atoms. The van der Waals surface area contributed by atoms with Gasteiger partial charge in [-0.25, -0.2) is 0 Å². The van der Waals surface area contributed by atoms with Crippen molar-refractivity contribution in [3.63, 3.8) is 0 Å². The average molecular weight is 259 g/mol. The van der Waals surface area contributed by atoms with Gasteiger partial charge >= 0.3 is 0 Å². The monoisotopic (exact) mass is 259 g/mol. The van der Waals surface area contributed by atoms with Crippen LogP contribution in [0.3, 0.4) is 0 Å². The van der Waals surface area contributed by atoms with Crippen molar-refractivity contribution < 1.29 is 0 Å². The Morgan fingerprint density at radius 2 is 1.95 bits per heavy atom. The lowest BCUT2D eigenvalue weighted by Crippen LogP contribution is -2.04. The zero-order chi connectivity index (χ0) is 14.4. The summed E-state index contributed by atoms with van der Waals surface area (Å²) in [5.74, 6) is 1.30. The first-order valence-corrected chi connectivity index (χ1v) is 7.41. The summed E-state index contributed by atoms with van der Waals surface area (Å²) >= 11 is 0. The van der Waals surface area contributed by atoms with Gasteiger partial charge in [0.15, 0.2) is 0 Å². The third-order valence-electron chi connectivity index (χ3n) is 4.35. The summed E-state index contributed by atoms with van der Waals surface area (Å²) in [6.07, 6.45) is 4.74. The van der Waals surface area contributed by atoms with Gasteiger partial charge in [0.25, 0.3) is 0 Å². The molecule has 0 fully saturated rings. The maximum atomic E-state index is 3.35. The molecular formula is C18H29N. The molecule has 2 unspecified atom stereocenters. The molecule has 1 aromatic rings. The fourth-order valence-electron chi connectivity index (χ4n) is 2.61. The van der Waals surface area contributed by atoms with E-state index in [9.17, 15) is 0 Å². The van der Waals surface area contributed by atoms with Crippen LogP contribution in [0.15, 0.2) is 29.8 Å². The Kier molecular flexibility index (Phi) is 6.14. The van der Waals surface area contributed by atoms with Crippen molar-refractivity contribution in [3.8, 4) is 0 Å². The number of hydrogen-bond acceptors (Lipinski definition) is 1. The SMILES string of the molecule is CC=C(C)C(C)CCC(C)c1cccc(C)c1NC. The normalized spacial score (nSPS) is 15.2. The fraction of sp³-hybridized carbons (Fsp3) is 0.556. The Morgan fingerprint density at radius 3 is 2.53 bits per heavy atom. The van der Waals surface area contributed by atoms with Gasteiger partial charge in [0.2, 0.25) is 0 Å². The molecular weight excluding hydrogens is 230 g/mol. The smallest absolute Gasteiger partial charge is 0.0402 e. The Bertz CT molecular complexity index is 431. The van der Waals surface area contributed by atoms with E-state index in [0.29, 0.717) is 11.8 Å². The molecule has 0 aliphatic rings. The maximum absolute atomic E-state index is 3.35. The van der Waals surface area contributed by atoms with E-state index in [1.807, 2.05) is 7.05 Å². The summed E-state index contributed by atoms with van der Waals surface area (Å²) in [6, 6.07) is 6.61. The number of benzene rings is 1. The van der Waals surface area contributed by atoms with E-state index < -0.39 is 0 Å². The van der Waals surface area contributed by atoms with Crippen molar-refractivity contribution >= 4 is 5.69 Å². The first kappa shape index (κ1) is 15.8. The summed E-state index contributed by atoms with van der Waals surface area (Å²) in [7, 11) is 2.02. The van der Waals surface area contributed by atoms with Crippen molar-refractivity contribution in [2.24, 2.45) is 5.92 Å². The van der Waals surface area contributed by atoms with Crippen LogP contribution >= 0.6 is 0 Å². The molecule has 0 aliphatic heterocycles. The van der Waals surface area contributed by atoms with Gasteiger partial charge in [-0.05, 0) is 56.6 Å². The molecule has 0 spiro atoms. The molecule has 1 N–H and O–H groups in total. The zero-order valence-electron chi connectivity index (χ0n) is 13.4. The van der Waals surface area contributed by atoms with Crippen molar-refractivity contribution in [2.75, 3.05) is 12.4 Å². The van der Waals surface area contributed by atoms with Gasteiger partial charge < -0.3 is 5.32 Å². The van der Waals surface area contributed by atoms with E-state index in [2.05, 4.69) is 64.2 Å². The zero-order valence-corrected chi connectivity index (χ0v) is 13.4. The van der Waals surface area contributed by atoms with Crippen LogP contribution in [0.1, 0.15) is 57.6 Å². The van der Waals surface area contributed by atoms with Crippen molar-refractivity contribution in [3.05, 3.63) is 41.0 Å². The fourth-order valence-corrected chi connectivity index (χ4v) is 2.61. The standard InChI is InChI=1S/C18H29N/c1-7-13(2)14(3)11-12-15(4)17-10-8-9-16(5)18(17)19-6/h7-10,14-15,19H,11-12H2,1-6H3. The second-order valence-corrected chi connectivity index (χ2v) is 5.70. The number of aryl methyl sites for hydroxylation is 1. The van der Waals surface area contributed by atoms with E-state index in [1.165, 1.54) is 35.2 Å². The highest BCUT2D eigenvalue weighted by atomic mass is 14.8. The van der Waals surface area contributed by atoms with Crippen LogP contribution in [-0.2, 0) is 0 Å². The predicted octanol–water partition coefficient (Wildman–Crippen LogP) is 5.52. The Hall–Kier alpha value is -1.24. The number of para-hydroxylation sites is 1. The number of rotatable bonds is 6. The third kappa shape index (κ3) is 4.12. The van der Waals surface area contributed by atoms with Crippen molar-refractivity contribution in [1.82, 2.24) is 0 Å². The number of anilines is 1. The molecule has 1 aromatic carbocycles. The van der Waals surface area contributed by atoms with Gasteiger partial charge in [-0.3, -0.25) is 0 Å². The highest BCUT2D eigenvalue weighted by Gasteiger charge is 2.13. The summed E-state index contributed by atoms with van der Waals surface area (Å²) in [5, 5.41) is 3.35. The molecule has 0 amide bonds. The molecule has 0 aromatic heterocycles. The van der Waals surface area contributed by atoms with E-state index in [-0.39, 0.29) is 0 Å². The van der Waals surface area contributed by atoms with Gasteiger partial charge in [0.1, 0.15) is 0 Å². The van der Waals surface area contributed by atoms with E-state index in [0.717, 1.165) is 0 Å². The van der Waals surface area contributed by atoms with Crippen LogP contribution in [-0.4, -0.2) is 7.05 Å². The molecule has 0 aliphatic carbocycles. The molecule has 0 radical (unpaired) electrons. The maximum Gasteiger partial charge on any atom is 0.0402 e. The molecule has 106 valence electrons. The van der Waals surface area contributed by atoms with Crippen LogP contribution in [0.25, 0.3) is 0 Å².